The van der Waals surface area contributed by atoms with Gasteiger partial charge in [0.25, 0.3) is 0 Å². The van der Waals surface area contributed by atoms with Gasteiger partial charge in [0, 0.05) is 11.8 Å². The van der Waals surface area contributed by atoms with Crippen molar-refractivity contribution >= 4 is 0 Å². The van der Waals surface area contributed by atoms with Crippen molar-refractivity contribution in [1.29, 1.82) is 0 Å². The van der Waals surface area contributed by atoms with Gasteiger partial charge in [0.15, 0.2) is 6.29 Å². The molecule has 0 amide bonds. The molecule has 1 saturated heterocycles. The van der Waals surface area contributed by atoms with Gasteiger partial charge in [-0.3, -0.25) is 0 Å². The zero-order chi connectivity index (χ0) is 11.5. The summed E-state index contributed by atoms with van der Waals surface area (Å²) in [6.45, 7) is 12.8. The molecule has 0 radical (unpaired) electrons. The maximum absolute atomic E-state index is 5.75. The zero-order valence-corrected chi connectivity index (χ0v) is 10.9. The molecule has 15 heavy (non-hydrogen) atoms. The van der Waals surface area contributed by atoms with Crippen molar-refractivity contribution in [3.8, 4) is 0 Å². The van der Waals surface area contributed by atoms with E-state index in [1.807, 2.05) is 0 Å². The Hall–Kier alpha value is -0.0800. The van der Waals surface area contributed by atoms with E-state index in [1.54, 1.807) is 0 Å². The van der Waals surface area contributed by atoms with Crippen molar-refractivity contribution in [3.05, 3.63) is 0 Å². The summed E-state index contributed by atoms with van der Waals surface area (Å²) >= 11 is 0. The molecule has 1 aliphatic rings. The summed E-state index contributed by atoms with van der Waals surface area (Å²) in [5, 5.41) is 0. The maximum Gasteiger partial charge on any atom is 0.157 e. The van der Waals surface area contributed by atoms with Crippen molar-refractivity contribution in [2.75, 3.05) is 13.2 Å². The van der Waals surface area contributed by atoms with Crippen LogP contribution in [-0.4, -0.2) is 19.5 Å². The third-order valence-electron chi connectivity index (χ3n) is 3.28. The van der Waals surface area contributed by atoms with E-state index in [2.05, 4.69) is 34.6 Å². The molecule has 0 spiro atoms. The topological polar surface area (TPSA) is 18.5 Å². The van der Waals surface area contributed by atoms with Gasteiger partial charge in [0.05, 0.1) is 13.2 Å². The molecule has 90 valence electrons. The Kier molecular flexibility index (Phi) is 4.60. The summed E-state index contributed by atoms with van der Waals surface area (Å²) in [7, 11) is 0. The molecular formula is C13H26O2. The predicted octanol–water partition coefficient (Wildman–Crippen LogP) is 3.46. The SMILES string of the molecule is CCC(CC1OCC(C)(C)CO1)C(C)C. The Bertz CT molecular complexity index is 177. The van der Waals surface area contributed by atoms with Crippen LogP contribution < -0.4 is 0 Å². The van der Waals surface area contributed by atoms with Crippen LogP contribution in [0.15, 0.2) is 0 Å². The summed E-state index contributed by atoms with van der Waals surface area (Å²) in [4.78, 5) is 0. The highest BCUT2D eigenvalue weighted by atomic mass is 16.7. The van der Waals surface area contributed by atoms with Gasteiger partial charge in [0.2, 0.25) is 0 Å². The lowest BCUT2D eigenvalue weighted by atomic mass is 9.89. The largest absolute Gasteiger partial charge is 0.352 e. The van der Waals surface area contributed by atoms with Crippen molar-refractivity contribution in [3.63, 3.8) is 0 Å². The van der Waals surface area contributed by atoms with Gasteiger partial charge in [-0.25, -0.2) is 0 Å². The van der Waals surface area contributed by atoms with Crippen molar-refractivity contribution in [1.82, 2.24) is 0 Å². The van der Waals surface area contributed by atoms with E-state index < -0.39 is 0 Å². The van der Waals surface area contributed by atoms with E-state index in [4.69, 9.17) is 9.47 Å². The van der Waals surface area contributed by atoms with E-state index in [1.165, 1.54) is 6.42 Å². The molecule has 0 bridgehead atoms. The van der Waals surface area contributed by atoms with Gasteiger partial charge < -0.3 is 9.47 Å². The molecule has 1 rings (SSSR count). The summed E-state index contributed by atoms with van der Waals surface area (Å²) in [6, 6.07) is 0. The molecule has 1 atom stereocenters. The zero-order valence-electron chi connectivity index (χ0n) is 10.9. The quantitative estimate of drug-likeness (QED) is 0.713. The standard InChI is InChI=1S/C13H26O2/c1-6-11(10(2)3)7-12-14-8-13(4,5)9-15-12/h10-12H,6-9H2,1-5H3. The summed E-state index contributed by atoms with van der Waals surface area (Å²) in [5.74, 6) is 1.44. The van der Waals surface area contributed by atoms with Gasteiger partial charge in [-0.1, -0.05) is 41.0 Å². The fraction of sp³-hybridized carbons (Fsp3) is 1.00. The average molecular weight is 214 g/mol. The third kappa shape index (κ3) is 4.12. The predicted molar refractivity (Wildman–Crippen MR) is 62.7 cm³/mol. The Morgan fingerprint density at radius 3 is 2.13 bits per heavy atom. The second-order valence-electron chi connectivity index (χ2n) is 5.86. The van der Waals surface area contributed by atoms with E-state index in [-0.39, 0.29) is 11.7 Å². The fourth-order valence-corrected chi connectivity index (χ4v) is 2.02. The first-order chi connectivity index (χ1) is 6.94. The molecule has 0 N–H and O–H groups in total. The number of hydrogen-bond donors (Lipinski definition) is 0. The molecule has 0 aromatic rings. The highest BCUT2D eigenvalue weighted by Gasteiger charge is 2.29. The molecule has 0 aliphatic carbocycles. The summed E-state index contributed by atoms with van der Waals surface area (Å²) in [6.07, 6.45) is 2.29. The second-order valence-corrected chi connectivity index (χ2v) is 5.86. The maximum atomic E-state index is 5.75. The van der Waals surface area contributed by atoms with Crippen molar-refractivity contribution < 1.29 is 9.47 Å². The Morgan fingerprint density at radius 2 is 1.73 bits per heavy atom. The van der Waals surface area contributed by atoms with Crippen LogP contribution in [0.5, 0.6) is 0 Å². The Morgan fingerprint density at radius 1 is 1.20 bits per heavy atom. The Labute approximate surface area is 94.3 Å². The molecule has 0 aromatic heterocycles. The molecule has 1 aliphatic heterocycles. The summed E-state index contributed by atoms with van der Waals surface area (Å²) < 4.78 is 11.5. The molecule has 1 heterocycles. The summed E-state index contributed by atoms with van der Waals surface area (Å²) in [5.41, 5.74) is 0.191. The van der Waals surface area contributed by atoms with Crippen molar-refractivity contribution in [2.24, 2.45) is 17.3 Å². The molecule has 1 unspecified atom stereocenters. The highest BCUT2D eigenvalue weighted by Crippen LogP contribution is 2.28. The van der Waals surface area contributed by atoms with E-state index in [9.17, 15) is 0 Å². The first kappa shape index (κ1) is 13.0. The van der Waals surface area contributed by atoms with Gasteiger partial charge in [0.1, 0.15) is 0 Å². The molecule has 0 aromatic carbocycles. The Balaban J connectivity index is 2.34. The average Bonchev–Trinajstić information content (AvgIpc) is 2.15. The van der Waals surface area contributed by atoms with E-state index in [0.29, 0.717) is 0 Å². The number of rotatable bonds is 4. The van der Waals surface area contributed by atoms with Crippen molar-refractivity contribution in [2.45, 2.75) is 53.8 Å². The van der Waals surface area contributed by atoms with Gasteiger partial charge in [-0.15, -0.1) is 0 Å². The lowest BCUT2D eigenvalue weighted by molar-refractivity contribution is -0.229. The first-order valence-corrected chi connectivity index (χ1v) is 6.18. The van der Waals surface area contributed by atoms with Gasteiger partial charge in [-0.05, 0) is 11.8 Å². The van der Waals surface area contributed by atoms with Crippen LogP contribution in [0.4, 0.5) is 0 Å². The van der Waals surface area contributed by atoms with Crippen LogP contribution >= 0.6 is 0 Å². The smallest absolute Gasteiger partial charge is 0.157 e. The van der Waals surface area contributed by atoms with Crippen LogP contribution in [-0.2, 0) is 9.47 Å². The van der Waals surface area contributed by atoms with E-state index in [0.717, 1.165) is 31.5 Å². The van der Waals surface area contributed by atoms with Crippen LogP contribution in [0.1, 0.15) is 47.5 Å². The van der Waals surface area contributed by atoms with Gasteiger partial charge >= 0.3 is 0 Å². The fourth-order valence-electron chi connectivity index (χ4n) is 2.02. The lowest BCUT2D eigenvalue weighted by Crippen LogP contribution is -2.38. The first-order valence-electron chi connectivity index (χ1n) is 6.18. The van der Waals surface area contributed by atoms with Gasteiger partial charge in [-0.2, -0.15) is 0 Å². The van der Waals surface area contributed by atoms with Crippen LogP contribution in [0.25, 0.3) is 0 Å². The van der Waals surface area contributed by atoms with E-state index >= 15 is 0 Å². The lowest BCUT2D eigenvalue weighted by Gasteiger charge is -2.36. The molecule has 0 saturated carbocycles. The molecule has 2 heteroatoms. The number of ether oxygens (including phenoxy) is 2. The molecule has 1 fully saturated rings. The normalized spacial score (nSPS) is 24.4. The van der Waals surface area contributed by atoms with Crippen LogP contribution in [0.2, 0.25) is 0 Å². The minimum Gasteiger partial charge on any atom is -0.352 e. The third-order valence-corrected chi connectivity index (χ3v) is 3.28. The molecular weight excluding hydrogens is 188 g/mol. The monoisotopic (exact) mass is 214 g/mol. The second kappa shape index (κ2) is 5.31. The molecule has 2 nitrogen and oxygen atoms in total. The minimum atomic E-state index is 0.0328. The van der Waals surface area contributed by atoms with Crippen LogP contribution in [0, 0.1) is 17.3 Å². The number of hydrogen-bond acceptors (Lipinski definition) is 2. The van der Waals surface area contributed by atoms with Crippen LogP contribution in [0.3, 0.4) is 0 Å². The minimum absolute atomic E-state index is 0.0328. The highest BCUT2D eigenvalue weighted by molar-refractivity contribution is 4.73.